The molecule has 0 spiro atoms. The summed E-state index contributed by atoms with van der Waals surface area (Å²) >= 11 is 6.03. The molecule has 0 saturated heterocycles. The molecule has 1 atom stereocenters. The lowest BCUT2D eigenvalue weighted by molar-refractivity contribution is -0.123. The van der Waals surface area contributed by atoms with Gasteiger partial charge in [0.25, 0.3) is 5.91 Å². The van der Waals surface area contributed by atoms with Gasteiger partial charge in [-0.05, 0) is 41.0 Å². The van der Waals surface area contributed by atoms with Crippen LogP contribution in [-0.4, -0.2) is 38.0 Å². The van der Waals surface area contributed by atoms with Gasteiger partial charge in [0.05, 0.1) is 20.6 Å². The normalized spacial score (nSPS) is 11.9. The zero-order valence-electron chi connectivity index (χ0n) is 20.2. The standard InChI is InChI=1S/C27H29ClN4O4/c1-35-23-12-11-19(15-24(23)36-2)16-25(33)32-27(29)31-22(14-18-7-4-3-5-8-18)26(34)30-17-20-9-6-10-21(28)13-20/h3-13,15,22H,14,16-17H2,1-2H3,(H,30,34)(H3,29,31,32,33). The fourth-order valence-corrected chi connectivity index (χ4v) is 3.78. The molecule has 2 amide bonds. The molecule has 0 aliphatic carbocycles. The molecule has 0 saturated carbocycles. The summed E-state index contributed by atoms with van der Waals surface area (Å²) in [7, 11) is 3.06. The topological polar surface area (TPSA) is 115 Å². The van der Waals surface area contributed by atoms with E-state index in [0.29, 0.717) is 35.1 Å². The van der Waals surface area contributed by atoms with Crippen LogP contribution in [0.5, 0.6) is 11.5 Å². The molecular weight excluding hydrogens is 480 g/mol. The number of halogens is 1. The summed E-state index contributed by atoms with van der Waals surface area (Å²) < 4.78 is 10.5. The highest BCUT2D eigenvalue weighted by molar-refractivity contribution is 6.30. The van der Waals surface area contributed by atoms with Crippen molar-refractivity contribution >= 4 is 29.4 Å². The minimum absolute atomic E-state index is 0.00699. The van der Waals surface area contributed by atoms with Crippen molar-refractivity contribution < 1.29 is 19.1 Å². The smallest absolute Gasteiger partial charge is 0.253 e. The number of guanidine groups is 1. The summed E-state index contributed by atoms with van der Waals surface area (Å²) in [5, 5.41) is 6.37. The average molecular weight is 509 g/mol. The van der Waals surface area contributed by atoms with Gasteiger partial charge in [0.2, 0.25) is 5.91 Å². The maximum absolute atomic E-state index is 13.0. The summed E-state index contributed by atoms with van der Waals surface area (Å²) in [6.07, 6.45) is 0.357. The van der Waals surface area contributed by atoms with Crippen molar-refractivity contribution in [2.24, 2.45) is 10.7 Å². The summed E-state index contributed by atoms with van der Waals surface area (Å²) in [5.74, 6) is 0.178. The number of aliphatic imine (C=N–C) groups is 1. The molecule has 36 heavy (non-hydrogen) atoms. The Balaban J connectivity index is 1.68. The van der Waals surface area contributed by atoms with Crippen LogP contribution >= 0.6 is 11.6 Å². The van der Waals surface area contributed by atoms with Crippen molar-refractivity contribution in [1.29, 1.82) is 0 Å². The molecule has 8 nitrogen and oxygen atoms in total. The zero-order valence-corrected chi connectivity index (χ0v) is 20.9. The van der Waals surface area contributed by atoms with Gasteiger partial charge in [0.15, 0.2) is 17.5 Å². The Morgan fingerprint density at radius 2 is 1.64 bits per heavy atom. The van der Waals surface area contributed by atoms with Gasteiger partial charge >= 0.3 is 0 Å². The Bertz CT molecular complexity index is 1220. The highest BCUT2D eigenvalue weighted by Gasteiger charge is 2.20. The lowest BCUT2D eigenvalue weighted by Gasteiger charge is -2.19. The molecule has 0 aliphatic rings. The number of ether oxygens (including phenoxy) is 2. The SMILES string of the molecule is COc1ccc(CC(=O)N=C(N)NC(Cc2ccccc2)C(=O)NCc2cccc(Cl)c2)cc1OC. The number of hydrogen-bond acceptors (Lipinski definition) is 4. The fourth-order valence-electron chi connectivity index (χ4n) is 3.57. The first-order valence-electron chi connectivity index (χ1n) is 11.3. The summed E-state index contributed by atoms with van der Waals surface area (Å²) in [6, 6.07) is 21.2. The Kier molecular flexibility index (Phi) is 9.71. The fraction of sp³-hybridized carbons (Fsp3) is 0.222. The van der Waals surface area contributed by atoms with Crippen LogP contribution in [0.2, 0.25) is 5.02 Å². The Labute approximate surface area is 215 Å². The molecule has 0 aliphatic heterocycles. The van der Waals surface area contributed by atoms with Gasteiger partial charge in [-0.25, -0.2) is 0 Å². The quantitative estimate of drug-likeness (QED) is 0.286. The minimum Gasteiger partial charge on any atom is -0.493 e. The third-order valence-electron chi connectivity index (χ3n) is 5.33. The monoisotopic (exact) mass is 508 g/mol. The molecule has 1 unspecified atom stereocenters. The number of carbonyl (C=O) groups is 2. The van der Waals surface area contributed by atoms with Crippen LogP contribution in [0.3, 0.4) is 0 Å². The van der Waals surface area contributed by atoms with Gasteiger partial charge in [0.1, 0.15) is 6.04 Å². The highest BCUT2D eigenvalue weighted by atomic mass is 35.5. The van der Waals surface area contributed by atoms with Gasteiger partial charge in [-0.2, -0.15) is 4.99 Å². The second-order valence-electron chi connectivity index (χ2n) is 7.99. The number of nitrogens with two attached hydrogens (primary N) is 1. The summed E-state index contributed by atoms with van der Waals surface area (Å²) in [6.45, 7) is 0.293. The molecule has 3 rings (SSSR count). The molecule has 4 N–H and O–H groups in total. The van der Waals surface area contributed by atoms with Crippen molar-refractivity contribution in [2.45, 2.75) is 25.4 Å². The average Bonchev–Trinajstić information content (AvgIpc) is 2.87. The van der Waals surface area contributed by atoms with Crippen molar-refractivity contribution in [1.82, 2.24) is 10.6 Å². The second-order valence-corrected chi connectivity index (χ2v) is 8.43. The van der Waals surface area contributed by atoms with E-state index in [1.165, 1.54) is 14.2 Å². The first kappa shape index (κ1) is 26.6. The number of nitrogens with zero attached hydrogens (tertiary/aromatic N) is 1. The van der Waals surface area contributed by atoms with E-state index in [1.807, 2.05) is 42.5 Å². The Morgan fingerprint density at radius 1 is 0.917 bits per heavy atom. The number of hydrogen-bond donors (Lipinski definition) is 3. The van der Waals surface area contributed by atoms with E-state index in [-0.39, 0.29) is 18.3 Å². The molecule has 3 aromatic rings. The van der Waals surface area contributed by atoms with E-state index in [0.717, 1.165) is 11.1 Å². The summed E-state index contributed by atoms with van der Waals surface area (Å²) in [4.78, 5) is 29.5. The molecule has 0 aromatic heterocycles. The van der Waals surface area contributed by atoms with E-state index in [4.69, 9.17) is 26.8 Å². The molecular formula is C27H29ClN4O4. The van der Waals surface area contributed by atoms with Gasteiger partial charge in [-0.3, -0.25) is 9.59 Å². The number of rotatable bonds is 10. The van der Waals surface area contributed by atoms with Crippen molar-refractivity contribution in [2.75, 3.05) is 14.2 Å². The van der Waals surface area contributed by atoms with E-state index in [9.17, 15) is 9.59 Å². The predicted octanol–water partition coefficient (Wildman–Crippen LogP) is 3.26. The molecule has 9 heteroatoms. The molecule has 188 valence electrons. The molecule has 0 bridgehead atoms. The van der Waals surface area contributed by atoms with Crippen LogP contribution in [0.25, 0.3) is 0 Å². The van der Waals surface area contributed by atoms with Crippen molar-refractivity contribution in [3.05, 3.63) is 94.5 Å². The van der Waals surface area contributed by atoms with Gasteiger partial charge in [-0.15, -0.1) is 0 Å². The van der Waals surface area contributed by atoms with E-state index in [1.54, 1.807) is 30.3 Å². The highest BCUT2D eigenvalue weighted by Crippen LogP contribution is 2.27. The Hall–Kier alpha value is -4.04. The van der Waals surface area contributed by atoms with Crippen LogP contribution in [0.1, 0.15) is 16.7 Å². The maximum Gasteiger partial charge on any atom is 0.253 e. The second kappa shape index (κ2) is 13.2. The number of carbonyl (C=O) groups excluding carboxylic acids is 2. The van der Waals surface area contributed by atoms with Gasteiger partial charge < -0.3 is 25.8 Å². The number of benzene rings is 3. The number of amides is 2. The molecule has 3 aromatic carbocycles. The third kappa shape index (κ3) is 8.02. The molecule has 0 radical (unpaired) electrons. The summed E-state index contributed by atoms with van der Waals surface area (Å²) in [5.41, 5.74) is 8.50. The first-order chi connectivity index (χ1) is 17.4. The van der Waals surface area contributed by atoms with Crippen LogP contribution in [0, 0.1) is 0 Å². The van der Waals surface area contributed by atoms with Crippen LogP contribution in [-0.2, 0) is 29.0 Å². The van der Waals surface area contributed by atoms with Crippen LogP contribution in [0.4, 0.5) is 0 Å². The van der Waals surface area contributed by atoms with Crippen molar-refractivity contribution in [3.63, 3.8) is 0 Å². The predicted molar refractivity (Wildman–Crippen MR) is 140 cm³/mol. The van der Waals surface area contributed by atoms with Gasteiger partial charge in [0, 0.05) is 18.0 Å². The first-order valence-corrected chi connectivity index (χ1v) is 11.7. The molecule has 0 heterocycles. The number of methoxy groups -OCH3 is 2. The van der Waals surface area contributed by atoms with E-state index in [2.05, 4.69) is 15.6 Å². The van der Waals surface area contributed by atoms with Crippen LogP contribution in [0.15, 0.2) is 77.8 Å². The van der Waals surface area contributed by atoms with E-state index < -0.39 is 11.9 Å². The van der Waals surface area contributed by atoms with Crippen molar-refractivity contribution in [3.8, 4) is 11.5 Å². The van der Waals surface area contributed by atoms with E-state index >= 15 is 0 Å². The minimum atomic E-state index is -0.746. The third-order valence-corrected chi connectivity index (χ3v) is 5.56. The Morgan fingerprint density at radius 3 is 2.33 bits per heavy atom. The largest absolute Gasteiger partial charge is 0.493 e. The lowest BCUT2D eigenvalue weighted by Crippen LogP contribution is -2.50. The number of nitrogens with one attached hydrogen (secondary N) is 2. The van der Waals surface area contributed by atoms with Gasteiger partial charge in [-0.1, -0.05) is 60.1 Å². The zero-order chi connectivity index (χ0) is 25.9. The van der Waals surface area contributed by atoms with Crippen LogP contribution < -0.4 is 25.8 Å². The molecule has 0 fully saturated rings. The lowest BCUT2D eigenvalue weighted by atomic mass is 10.1. The maximum atomic E-state index is 13.0.